The standard InChI is InChI=1S/2C21H28N4O2.C4H11NO3/c2*26-20(27)12-17(18-13-22-15-23-14-18)6-3-1-2-4-8-19-10-9-16-7-5-11-24-21(16)25-19;5-4(1-6,2-7)3-8/h2*9-10,13-15,17H,1-8,11-12H2,(H,24,25)(H,26,27);6-8H,1-3,5H2. The van der Waals surface area contributed by atoms with Gasteiger partial charge in [-0.05, 0) is 110 Å². The van der Waals surface area contributed by atoms with Crippen molar-refractivity contribution in [3.05, 3.63) is 95.3 Å². The Bertz CT molecular complexity index is 1750. The van der Waals surface area contributed by atoms with Crippen LogP contribution in [-0.2, 0) is 35.3 Å². The first-order valence-corrected chi connectivity index (χ1v) is 22.1. The number of nitrogens with two attached hydrogens (primary N) is 1. The Balaban J connectivity index is 0.000000232. The van der Waals surface area contributed by atoms with E-state index in [2.05, 4.69) is 54.8 Å². The number of anilines is 2. The summed E-state index contributed by atoms with van der Waals surface area (Å²) >= 11 is 0. The molecule has 338 valence electrons. The maximum atomic E-state index is 11.1. The number of carbonyl (C=O) groups is 2. The third-order valence-corrected chi connectivity index (χ3v) is 11.3. The zero-order valence-corrected chi connectivity index (χ0v) is 36.0. The fourth-order valence-corrected chi connectivity index (χ4v) is 7.50. The molecule has 62 heavy (non-hydrogen) atoms. The second kappa shape index (κ2) is 27.7. The van der Waals surface area contributed by atoms with E-state index in [0.29, 0.717) is 0 Å². The lowest BCUT2D eigenvalue weighted by Gasteiger charge is -2.20. The maximum absolute atomic E-state index is 11.1. The molecule has 4 aromatic heterocycles. The van der Waals surface area contributed by atoms with Crippen molar-refractivity contribution in [2.45, 2.75) is 133 Å². The number of aliphatic hydroxyl groups is 3. The van der Waals surface area contributed by atoms with Crippen LogP contribution in [0.2, 0.25) is 0 Å². The highest BCUT2D eigenvalue weighted by molar-refractivity contribution is 5.68. The van der Waals surface area contributed by atoms with Gasteiger partial charge in [-0.15, -0.1) is 0 Å². The molecule has 9 N–H and O–H groups in total. The van der Waals surface area contributed by atoms with Crippen LogP contribution < -0.4 is 16.4 Å². The summed E-state index contributed by atoms with van der Waals surface area (Å²) in [7, 11) is 0. The molecule has 2 aliphatic heterocycles. The van der Waals surface area contributed by atoms with Gasteiger partial charge in [-0.1, -0.05) is 50.7 Å². The second-order valence-electron chi connectivity index (χ2n) is 16.4. The number of carboxylic acid groups (broad SMARTS) is 2. The fourth-order valence-electron chi connectivity index (χ4n) is 7.50. The van der Waals surface area contributed by atoms with Crippen LogP contribution in [0.25, 0.3) is 0 Å². The van der Waals surface area contributed by atoms with Gasteiger partial charge in [0.25, 0.3) is 0 Å². The Morgan fingerprint density at radius 3 is 1.34 bits per heavy atom. The van der Waals surface area contributed by atoms with Crippen LogP contribution in [0.5, 0.6) is 0 Å². The minimum Gasteiger partial charge on any atom is -0.481 e. The third-order valence-electron chi connectivity index (χ3n) is 11.3. The van der Waals surface area contributed by atoms with Gasteiger partial charge in [0.05, 0.1) is 38.2 Å². The molecule has 0 aromatic carbocycles. The number of pyridine rings is 2. The normalized spacial score (nSPS) is 13.9. The van der Waals surface area contributed by atoms with Crippen molar-refractivity contribution in [2.24, 2.45) is 5.73 Å². The van der Waals surface area contributed by atoms with Crippen LogP contribution in [-0.4, -0.2) is 106 Å². The molecule has 0 saturated carbocycles. The lowest BCUT2D eigenvalue weighted by atomic mass is 9.92. The van der Waals surface area contributed by atoms with Gasteiger partial charge in [-0.25, -0.2) is 29.9 Å². The zero-order chi connectivity index (χ0) is 44.4. The molecule has 16 heteroatoms. The molecule has 0 aliphatic carbocycles. The Morgan fingerprint density at radius 1 is 0.597 bits per heavy atom. The van der Waals surface area contributed by atoms with E-state index in [1.165, 1.54) is 36.6 Å². The minimum atomic E-state index is -1.21. The number of nitrogens with one attached hydrogen (secondary N) is 2. The number of hydrogen-bond donors (Lipinski definition) is 8. The first kappa shape index (κ1) is 49.5. The molecule has 0 spiro atoms. The molecule has 2 unspecified atom stereocenters. The van der Waals surface area contributed by atoms with Gasteiger partial charge in [0.1, 0.15) is 24.3 Å². The van der Waals surface area contributed by atoms with E-state index in [4.69, 9.17) is 41.2 Å². The molecule has 0 fully saturated rings. The Kier molecular flexibility index (Phi) is 22.1. The second-order valence-corrected chi connectivity index (χ2v) is 16.4. The highest BCUT2D eigenvalue weighted by Gasteiger charge is 2.21. The summed E-state index contributed by atoms with van der Waals surface area (Å²) in [5.41, 5.74) is 10.8. The van der Waals surface area contributed by atoms with E-state index >= 15 is 0 Å². The smallest absolute Gasteiger partial charge is 0.303 e. The number of aromatic nitrogens is 6. The Morgan fingerprint density at radius 2 is 0.984 bits per heavy atom. The molecule has 0 saturated heterocycles. The van der Waals surface area contributed by atoms with Crippen molar-refractivity contribution in [3.8, 4) is 0 Å². The van der Waals surface area contributed by atoms with Gasteiger partial charge in [0, 0.05) is 49.3 Å². The number of unbranched alkanes of at least 4 members (excludes halogenated alkanes) is 6. The van der Waals surface area contributed by atoms with Gasteiger partial charge in [-0.2, -0.15) is 0 Å². The molecule has 6 heterocycles. The van der Waals surface area contributed by atoms with Crippen LogP contribution in [0.3, 0.4) is 0 Å². The van der Waals surface area contributed by atoms with Crippen LogP contribution >= 0.6 is 0 Å². The predicted molar refractivity (Wildman–Crippen MR) is 238 cm³/mol. The molecule has 4 aromatic rings. The Hall–Kier alpha value is -5.16. The van der Waals surface area contributed by atoms with Crippen molar-refractivity contribution < 1.29 is 35.1 Å². The number of nitrogens with zero attached hydrogens (tertiary/aromatic N) is 6. The van der Waals surface area contributed by atoms with Crippen LogP contribution in [0.15, 0.2) is 61.7 Å². The van der Waals surface area contributed by atoms with Gasteiger partial charge < -0.3 is 41.9 Å². The van der Waals surface area contributed by atoms with E-state index in [1.54, 1.807) is 24.8 Å². The first-order valence-electron chi connectivity index (χ1n) is 22.1. The van der Waals surface area contributed by atoms with E-state index in [0.717, 1.165) is 137 Å². The maximum Gasteiger partial charge on any atom is 0.303 e. The monoisotopic (exact) mass is 858 g/mol. The largest absolute Gasteiger partial charge is 0.481 e. The topological polar surface area (TPSA) is 263 Å². The summed E-state index contributed by atoms with van der Waals surface area (Å²) < 4.78 is 0. The zero-order valence-electron chi connectivity index (χ0n) is 36.0. The van der Waals surface area contributed by atoms with Crippen LogP contribution in [0, 0.1) is 0 Å². The van der Waals surface area contributed by atoms with Crippen LogP contribution in [0.1, 0.15) is 135 Å². The van der Waals surface area contributed by atoms with Crippen LogP contribution in [0.4, 0.5) is 11.6 Å². The lowest BCUT2D eigenvalue weighted by Crippen LogP contribution is -2.50. The van der Waals surface area contributed by atoms with Crippen molar-refractivity contribution in [1.82, 2.24) is 29.9 Å². The number of hydrogen-bond acceptors (Lipinski definition) is 14. The number of aryl methyl sites for hydroxylation is 4. The molecule has 0 amide bonds. The summed E-state index contributed by atoms with van der Waals surface area (Å²) in [6.07, 6.45) is 27.3. The summed E-state index contributed by atoms with van der Waals surface area (Å²) in [6.45, 7) is 0.834. The van der Waals surface area contributed by atoms with Gasteiger partial charge >= 0.3 is 11.9 Å². The van der Waals surface area contributed by atoms with Gasteiger partial charge in [-0.3, -0.25) is 9.59 Å². The lowest BCUT2D eigenvalue weighted by molar-refractivity contribution is -0.138. The number of fused-ring (bicyclic) bond motifs is 2. The Labute approximate surface area is 365 Å². The van der Waals surface area contributed by atoms with Crippen molar-refractivity contribution in [3.63, 3.8) is 0 Å². The molecule has 2 aliphatic rings. The molecule has 0 bridgehead atoms. The summed E-state index contributed by atoms with van der Waals surface area (Å²) in [6, 6.07) is 8.73. The molecule has 0 radical (unpaired) electrons. The molecule has 6 rings (SSSR count). The summed E-state index contributed by atoms with van der Waals surface area (Å²) in [5.74, 6) is 0.599. The van der Waals surface area contributed by atoms with E-state index < -0.39 is 37.3 Å². The van der Waals surface area contributed by atoms with Crippen molar-refractivity contribution in [2.75, 3.05) is 43.5 Å². The van der Waals surface area contributed by atoms with Crippen molar-refractivity contribution >= 4 is 23.6 Å². The van der Waals surface area contributed by atoms with Crippen molar-refractivity contribution in [1.29, 1.82) is 0 Å². The predicted octanol–water partition coefficient (Wildman–Crippen LogP) is 5.62. The number of rotatable bonds is 23. The molecule has 2 atom stereocenters. The SMILES string of the molecule is NC(CO)(CO)CO.O=C(O)CC(CCCCCCc1ccc2c(n1)NCCC2)c1cncnc1.O=C(O)CC(CCCCCCc1ccc2c(n1)NCCC2)c1cncnc1. The first-order chi connectivity index (χ1) is 30.1. The average molecular weight is 858 g/mol. The molecular weight excluding hydrogens is 791 g/mol. The fraction of sp³-hybridized carbons (Fsp3) is 0.565. The average Bonchev–Trinajstić information content (AvgIpc) is 3.30. The number of carboxylic acids is 2. The van der Waals surface area contributed by atoms with Gasteiger partial charge in [0.2, 0.25) is 0 Å². The third kappa shape index (κ3) is 18.1. The summed E-state index contributed by atoms with van der Waals surface area (Å²) in [4.78, 5) is 47.8. The quantitative estimate of drug-likeness (QED) is 0.0421. The number of aliphatic carboxylic acids is 2. The van der Waals surface area contributed by atoms with E-state index in [-0.39, 0.29) is 24.7 Å². The molecule has 16 nitrogen and oxygen atoms in total. The number of aliphatic hydroxyl groups excluding tert-OH is 3. The summed E-state index contributed by atoms with van der Waals surface area (Å²) in [5, 5.41) is 50.1. The van der Waals surface area contributed by atoms with E-state index in [1.807, 2.05) is 0 Å². The molecular formula is C46H67N9O7. The van der Waals surface area contributed by atoms with E-state index in [9.17, 15) is 9.59 Å². The van der Waals surface area contributed by atoms with Gasteiger partial charge in [0.15, 0.2) is 0 Å². The highest BCUT2D eigenvalue weighted by Crippen LogP contribution is 2.27. The minimum absolute atomic E-state index is 0.00270. The highest BCUT2D eigenvalue weighted by atomic mass is 16.4.